The number of amides is 1. The van der Waals surface area contributed by atoms with E-state index < -0.39 is 17.8 Å². The van der Waals surface area contributed by atoms with E-state index in [0.717, 1.165) is 25.9 Å². The molecule has 1 atom stereocenters. The van der Waals surface area contributed by atoms with Crippen molar-refractivity contribution < 1.29 is 18.0 Å². The van der Waals surface area contributed by atoms with Gasteiger partial charge in [0.2, 0.25) is 0 Å². The molecular weight excluding hydrogens is 407 g/mol. The number of halogens is 3. The van der Waals surface area contributed by atoms with Gasteiger partial charge in [-0.3, -0.25) is 4.79 Å². The minimum absolute atomic E-state index is 0.110. The first-order chi connectivity index (χ1) is 14.5. The number of aromatic nitrogens is 2. The van der Waals surface area contributed by atoms with Gasteiger partial charge in [0.1, 0.15) is 0 Å². The quantitative estimate of drug-likeness (QED) is 0.684. The van der Waals surface area contributed by atoms with E-state index in [-0.39, 0.29) is 17.0 Å². The summed E-state index contributed by atoms with van der Waals surface area (Å²) in [6.45, 7) is 5.79. The zero-order chi connectivity index (χ0) is 22.4. The molecule has 6 nitrogen and oxygen atoms in total. The summed E-state index contributed by atoms with van der Waals surface area (Å²) >= 11 is 0. The van der Waals surface area contributed by atoms with Crippen LogP contribution in [0.15, 0.2) is 18.2 Å². The van der Waals surface area contributed by atoms with E-state index in [4.69, 9.17) is 5.73 Å². The molecule has 1 aromatic carbocycles. The van der Waals surface area contributed by atoms with Gasteiger partial charge in [0, 0.05) is 29.5 Å². The summed E-state index contributed by atoms with van der Waals surface area (Å²) in [5, 5.41) is 10.6. The predicted octanol–water partition coefficient (Wildman–Crippen LogP) is 3.67. The average molecular weight is 435 g/mol. The van der Waals surface area contributed by atoms with Crippen LogP contribution in [0.5, 0.6) is 0 Å². The maximum atomic E-state index is 13.7. The number of hydrogen-bond acceptors (Lipinski definition) is 4. The molecule has 0 radical (unpaired) electrons. The summed E-state index contributed by atoms with van der Waals surface area (Å²) in [6, 6.07) is 4.97. The zero-order valence-electron chi connectivity index (χ0n) is 17.8. The Labute approximate surface area is 179 Å². The van der Waals surface area contributed by atoms with E-state index in [9.17, 15) is 18.0 Å². The topological polar surface area (TPSA) is 85.0 Å². The van der Waals surface area contributed by atoms with Gasteiger partial charge in [-0.25, -0.2) is 4.68 Å². The average Bonchev–Trinajstić information content (AvgIpc) is 3.06. The molecule has 0 saturated carbocycles. The Hall–Kier alpha value is -2.55. The Bertz CT molecular complexity index is 990. The highest BCUT2D eigenvalue weighted by molar-refractivity contribution is 5.99. The van der Waals surface area contributed by atoms with Crippen molar-refractivity contribution in [3.05, 3.63) is 40.7 Å². The molecule has 4 rings (SSSR count). The van der Waals surface area contributed by atoms with E-state index in [0.29, 0.717) is 41.9 Å². The minimum Gasteiger partial charge on any atom is -0.380 e. The monoisotopic (exact) mass is 435 g/mol. The third kappa shape index (κ3) is 4.42. The van der Waals surface area contributed by atoms with Gasteiger partial charge >= 0.3 is 6.18 Å². The summed E-state index contributed by atoms with van der Waals surface area (Å²) in [4.78, 5) is 12.0. The Balaban J connectivity index is 1.79. The second kappa shape index (κ2) is 7.85. The number of benzene rings is 1. The molecule has 1 unspecified atom stereocenters. The van der Waals surface area contributed by atoms with Crippen molar-refractivity contribution in [1.82, 2.24) is 15.1 Å². The molecule has 9 heteroatoms. The molecule has 1 amide bonds. The van der Waals surface area contributed by atoms with Crippen LogP contribution in [-0.4, -0.2) is 34.8 Å². The molecule has 4 N–H and O–H groups in total. The third-order valence-corrected chi connectivity index (χ3v) is 6.23. The van der Waals surface area contributed by atoms with E-state index in [1.54, 1.807) is 18.2 Å². The second-order valence-corrected chi connectivity index (χ2v) is 9.31. The first-order valence-corrected chi connectivity index (χ1v) is 10.6. The fourth-order valence-corrected chi connectivity index (χ4v) is 4.57. The molecule has 1 aliphatic heterocycles. The molecule has 1 fully saturated rings. The van der Waals surface area contributed by atoms with Crippen molar-refractivity contribution in [2.24, 2.45) is 11.1 Å². The summed E-state index contributed by atoms with van der Waals surface area (Å²) in [5.41, 5.74) is 6.80. The van der Waals surface area contributed by atoms with Crippen LogP contribution in [0.1, 0.15) is 60.4 Å². The largest absolute Gasteiger partial charge is 0.435 e. The molecule has 2 heterocycles. The number of carbonyl (C=O) groups is 1. The number of piperidine rings is 1. The number of anilines is 1. The maximum Gasteiger partial charge on any atom is 0.435 e. The van der Waals surface area contributed by atoms with Crippen LogP contribution in [0.25, 0.3) is 5.69 Å². The molecule has 0 spiro atoms. The second-order valence-electron chi connectivity index (χ2n) is 9.31. The first kappa shape index (κ1) is 21.7. The highest BCUT2D eigenvalue weighted by Crippen LogP contribution is 2.42. The van der Waals surface area contributed by atoms with Gasteiger partial charge in [-0.2, -0.15) is 18.3 Å². The SMILES string of the molecule is CC1(C)CCc2c(C(F)(F)F)nn(-c3ccc(C(N)=O)c(NC4CCCNC4)c3)c2C1. The Kier molecular flexibility index (Phi) is 5.49. The van der Waals surface area contributed by atoms with Gasteiger partial charge in [0.15, 0.2) is 5.69 Å². The molecular formula is C22H28F3N5O. The molecule has 31 heavy (non-hydrogen) atoms. The van der Waals surface area contributed by atoms with Crippen LogP contribution in [-0.2, 0) is 19.0 Å². The number of primary amides is 1. The highest BCUT2D eigenvalue weighted by atomic mass is 19.4. The molecule has 1 aliphatic carbocycles. The van der Waals surface area contributed by atoms with Gasteiger partial charge in [0.25, 0.3) is 5.91 Å². The summed E-state index contributed by atoms with van der Waals surface area (Å²) in [5.74, 6) is -0.586. The van der Waals surface area contributed by atoms with E-state index in [1.165, 1.54) is 4.68 Å². The smallest absolute Gasteiger partial charge is 0.380 e. The summed E-state index contributed by atoms with van der Waals surface area (Å²) in [7, 11) is 0. The van der Waals surface area contributed by atoms with Crippen molar-refractivity contribution in [3.63, 3.8) is 0 Å². The van der Waals surface area contributed by atoms with Crippen LogP contribution >= 0.6 is 0 Å². The van der Waals surface area contributed by atoms with Crippen LogP contribution in [0.4, 0.5) is 18.9 Å². The lowest BCUT2D eigenvalue weighted by Gasteiger charge is -2.30. The molecule has 1 aromatic heterocycles. The van der Waals surface area contributed by atoms with Crippen molar-refractivity contribution in [3.8, 4) is 5.69 Å². The normalized spacial score (nSPS) is 20.9. The number of nitrogens with one attached hydrogen (secondary N) is 2. The first-order valence-electron chi connectivity index (χ1n) is 10.6. The number of nitrogens with two attached hydrogens (primary N) is 1. The Morgan fingerprint density at radius 3 is 2.77 bits per heavy atom. The third-order valence-electron chi connectivity index (χ3n) is 6.23. The van der Waals surface area contributed by atoms with Crippen molar-refractivity contribution in [1.29, 1.82) is 0 Å². The van der Waals surface area contributed by atoms with Crippen LogP contribution in [0.2, 0.25) is 0 Å². The number of hydrogen-bond donors (Lipinski definition) is 3. The van der Waals surface area contributed by atoms with E-state index >= 15 is 0 Å². The lowest BCUT2D eigenvalue weighted by Crippen LogP contribution is -2.38. The number of alkyl halides is 3. The molecule has 1 saturated heterocycles. The van der Waals surface area contributed by atoms with Crippen LogP contribution in [0, 0.1) is 5.41 Å². The number of fused-ring (bicyclic) bond motifs is 1. The molecule has 2 aromatic rings. The lowest BCUT2D eigenvalue weighted by molar-refractivity contribution is -0.142. The standard InChI is InChI=1S/C22H28F3N5O/c1-21(2)8-7-16-18(11-21)30(29-19(16)22(23,24)25)14-5-6-15(20(26)31)17(10-14)28-13-4-3-9-27-12-13/h5-6,10,13,27-28H,3-4,7-9,11-12H2,1-2H3,(H2,26,31). The Morgan fingerprint density at radius 1 is 1.35 bits per heavy atom. The van der Waals surface area contributed by atoms with Gasteiger partial charge in [0.05, 0.1) is 11.3 Å². The number of rotatable bonds is 4. The van der Waals surface area contributed by atoms with Crippen LogP contribution < -0.4 is 16.4 Å². The van der Waals surface area contributed by atoms with Gasteiger partial charge in [-0.15, -0.1) is 0 Å². The fraction of sp³-hybridized carbons (Fsp3) is 0.545. The van der Waals surface area contributed by atoms with E-state index in [2.05, 4.69) is 29.6 Å². The Morgan fingerprint density at radius 2 is 2.13 bits per heavy atom. The van der Waals surface area contributed by atoms with Gasteiger partial charge in [-0.05, 0) is 62.3 Å². The predicted molar refractivity (Wildman–Crippen MR) is 112 cm³/mol. The zero-order valence-corrected chi connectivity index (χ0v) is 17.8. The fourth-order valence-electron chi connectivity index (χ4n) is 4.57. The highest BCUT2D eigenvalue weighted by Gasteiger charge is 2.42. The van der Waals surface area contributed by atoms with E-state index in [1.807, 2.05) is 0 Å². The summed E-state index contributed by atoms with van der Waals surface area (Å²) < 4.78 is 42.5. The maximum absolute atomic E-state index is 13.7. The van der Waals surface area contributed by atoms with Crippen molar-refractivity contribution in [2.75, 3.05) is 18.4 Å². The number of nitrogens with zero attached hydrogens (tertiary/aromatic N) is 2. The van der Waals surface area contributed by atoms with Crippen molar-refractivity contribution in [2.45, 2.75) is 58.2 Å². The molecule has 2 aliphatic rings. The lowest BCUT2D eigenvalue weighted by atomic mass is 9.76. The van der Waals surface area contributed by atoms with Gasteiger partial charge in [-0.1, -0.05) is 13.8 Å². The summed E-state index contributed by atoms with van der Waals surface area (Å²) in [6.07, 6.45) is -1.07. The minimum atomic E-state index is -4.52. The van der Waals surface area contributed by atoms with Crippen molar-refractivity contribution >= 4 is 11.6 Å². The molecule has 0 bridgehead atoms. The number of carbonyl (C=O) groups excluding carboxylic acids is 1. The van der Waals surface area contributed by atoms with Crippen LogP contribution in [0.3, 0.4) is 0 Å². The molecule has 168 valence electrons. The van der Waals surface area contributed by atoms with Gasteiger partial charge < -0.3 is 16.4 Å².